The minimum Gasteiger partial charge on any atom is -0.465 e. The average molecular weight is 509 g/mol. The number of thiophene rings is 1. The molecule has 8 nitrogen and oxygen atoms in total. The van der Waals surface area contributed by atoms with E-state index in [1.165, 1.54) is 0 Å². The van der Waals surface area contributed by atoms with E-state index in [9.17, 15) is 28.0 Å². The molecule has 3 rings (SSSR count). The number of rotatable bonds is 7. The molecule has 188 valence electrons. The van der Waals surface area contributed by atoms with Gasteiger partial charge < -0.3 is 20.1 Å². The van der Waals surface area contributed by atoms with Gasteiger partial charge in [0.2, 0.25) is 11.7 Å². The van der Waals surface area contributed by atoms with Crippen molar-refractivity contribution in [3.63, 3.8) is 0 Å². The second kappa shape index (κ2) is 10.5. The summed E-state index contributed by atoms with van der Waals surface area (Å²) < 4.78 is 39.0. The monoisotopic (exact) mass is 508 g/mol. The molecule has 0 bridgehead atoms. The van der Waals surface area contributed by atoms with Gasteiger partial charge in [0.05, 0.1) is 23.7 Å². The van der Waals surface area contributed by atoms with Crippen molar-refractivity contribution in [3.8, 4) is 0 Å². The largest absolute Gasteiger partial charge is 0.465 e. The maximum atomic E-state index is 14.4. The number of halogens is 2. The molecule has 1 aromatic heterocycles. The fourth-order valence-corrected chi connectivity index (χ4v) is 5.09. The lowest BCUT2D eigenvalue weighted by Crippen LogP contribution is -2.37. The predicted octanol–water partition coefficient (Wildman–Crippen LogP) is 4.31. The number of fused-ring (bicyclic) bond motifs is 1. The Kier molecular flexibility index (Phi) is 7.89. The van der Waals surface area contributed by atoms with Crippen LogP contribution >= 0.6 is 11.3 Å². The number of esters is 1. The van der Waals surface area contributed by atoms with Crippen molar-refractivity contribution in [1.82, 2.24) is 5.32 Å². The lowest BCUT2D eigenvalue weighted by Gasteiger charge is -2.19. The van der Waals surface area contributed by atoms with Crippen LogP contribution < -0.4 is 10.6 Å². The van der Waals surface area contributed by atoms with Crippen LogP contribution in [-0.2, 0) is 25.5 Å². The third-order valence-corrected chi connectivity index (χ3v) is 6.33. The van der Waals surface area contributed by atoms with E-state index in [0.717, 1.165) is 29.5 Å². The van der Waals surface area contributed by atoms with Gasteiger partial charge in [0.15, 0.2) is 0 Å². The molecule has 11 heteroatoms. The van der Waals surface area contributed by atoms with Crippen LogP contribution in [0, 0.1) is 11.6 Å². The number of amides is 2. The highest BCUT2D eigenvalue weighted by Crippen LogP contribution is 2.46. The molecule has 0 aliphatic heterocycles. The van der Waals surface area contributed by atoms with Crippen molar-refractivity contribution in [2.45, 2.75) is 52.1 Å². The quantitative estimate of drug-likeness (QED) is 0.426. The topological polar surface area (TPSA) is 111 Å². The van der Waals surface area contributed by atoms with Gasteiger partial charge in [-0.2, -0.15) is 0 Å². The van der Waals surface area contributed by atoms with Crippen LogP contribution in [0.4, 0.5) is 18.6 Å². The second-order valence-corrected chi connectivity index (χ2v) is 9.87. The zero-order valence-electron chi connectivity index (χ0n) is 19.8. The van der Waals surface area contributed by atoms with Crippen molar-refractivity contribution in [3.05, 3.63) is 51.4 Å². The van der Waals surface area contributed by atoms with E-state index < -0.39 is 59.0 Å². The molecule has 2 N–H and O–H groups in total. The van der Waals surface area contributed by atoms with E-state index in [1.807, 2.05) is 0 Å². The number of hydrogen-bond acceptors (Lipinski definition) is 7. The van der Waals surface area contributed by atoms with E-state index in [1.54, 1.807) is 27.7 Å². The van der Waals surface area contributed by atoms with Gasteiger partial charge in [-0.1, -0.05) is 6.07 Å². The molecule has 1 aromatic carbocycles. The number of carbonyl (C=O) groups is 4. The van der Waals surface area contributed by atoms with Crippen molar-refractivity contribution in [2.24, 2.45) is 0 Å². The van der Waals surface area contributed by atoms with Gasteiger partial charge >= 0.3 is 12.1 Å². The van der Waals surface area contributed by atoms with Gasteiger partial charge in [-0.15, -0.1) is 11.3 Å². The molecule has 35 heavy (non-hydrogen) atoms. The molecular weight excluding hydrogens is 482 g/mol. The van der Waals surface area contributed by atoms with E-state index in [-0.39, 0.29) is 17.2 Å². The summed E-state index contributed by atoms with van der Waals surface area (Å²) in [4.78, 5) is 50.6. The van der Waals surface area contributed by atoms with Gasteiger partial charge in [-0.3, -0.25) is 14.4 Å². The number of anilines is 1. The van der Waals surface area contributed by atoms with Gasteiger partial charge in [0.1, 0.15) is 28.8 Å². The molecule has 1 heterocycles. The summed E-state index contributed by atoms with van der Waals surface area (Å²) in [6.07, 6.45) is -0.152. The van der Waals surface area contributed by atoms with Gasteiger partial charge in [-0.05, 0) is 58.2 Å². The van der Waals surface area contributed by atoms with Crippen molar-refractivity contribution >= 4 is 40.1 Å². The molecule has 2 aromatic rings. The zero-order valence-corrected chi connectivity index (χ0v) is 20.6. The molecule has 1 unspecified atom stereocenters. The van der Waals surface area contributed by atoms with E-state index in [2.05, 4.69) is 10.6 Å². The van der Waals surface area contributed by atoms with Crippen LogP contribution in [0.25, 0.3) is 0 Å². The molecule has 1 aliphatic carbocycles. The fraction of sp³-hybridized carbons (Fsp3) is 0.417. The summed E-state index contributed by atoms with van der Waals surface area (Å²) >= 11 is 0.976. The first-order valence-electron chi connectivity index (χ1n) is 11.0. The molecule has 0 saturated heterocycles. The highest BCUT2D eigenvalue weighted by atomic mass is 32.1. The summed E-state index contributed by atoms with van der Waals surface area (Å²) in [5, 5.41) is 4.87. The first-order valence-corrected chi connectivity index (χ1v) is 11.8. The first kappa shape index (κ1) is 26.3. The average Bonchev–Trinajstić information content (AvgIpc) is 3.29. The molecule has 0 fully saturated rings. The van der Waals surface area contributed by atoms with Crippen molar-refractivity contribution in [2.75, 3.05) is 18.5 Å². The number of nitrogens with one attached hydrogen (secondary N) is 2. The van der Waals surface area contributed by atoms with Crippen molar-refractivity contribution < 1.29 is 37.4 Å². The lowest BCUT2D eigenvalue weighted by atomic mass is 9.99. The van der Waals surface area contributed by atoms with Crippen molar-refractivity contribution in [1.29, 1.82) is 0 Å². The number of carbonyl (C=O) groups excluding carboxylic acids is 4. The first-order chi connectivity index (χ1) is 16.4. The standard InChI is InChI=1S/C24H26F2N2O6S/c1-5-33-22(31)13-10-9-12-17(19(30)18-14(25)7-6-8-15(18)26)21(35-20(12)13)28-16(29)11-27-23(32)34-24(2,3)4/h6-8,13H,5,9-11H2,1-4H3,(H,27,32)(H,28,29). The van der Waals surface area contributed by atoms with E-state index in [4.69, 9.17) is 9.47 Å². The van der Waals surface area contributed by atoms with Crippen LogP contribution in [0.2, 0.25) is 0 Å². The maximum absolute atomic E-state index is 14.4. The molecule has 1 atom stereocenters. The predicted molar refractivity (Wildman–Crippen MR) is 125 cm³/mol. The van der Waals surface area contributed by atoms with E-state index in [0.29, 0.717) is 23.3 Å². The van der Waals surface area contributed by atoms with Crippen LogP contribution in [0.5, 0.6) is 0 Å². The van der Waals surface area contributed by atoms with Gasteiger partial charge in [0.25, 0.3) is 0 Å². The number of benzene rings is 1. The Morgan fingerprint density at radius 3 is 2.37 bits per heavy atom. The van der Waals surface area contributed by atoms with Crippen LogP contribution in [-0.4, -0.2) is 42.5 Å². The second-order valence-electron chi connectivity index (χ2n) is 8.82. The fourth-order valence-electron chi connectivity index (χ4n) is 3.71. The summed E-state index contributed by atoms with van der Waals surface area (Å²) in [5.74, 6) is -4.85. The third-order valence-electron chi connectivity index (χ3n) is 5.07. The number of ether oxygens (including phenoxy) is 2. The Labute approximate surface area is 205 Å². The Hall–Kier alpha value is -3.34. The zero-order chi connectivity index (χ0) is 25.9. The third kappa shape index (κ3) is 6.02. The molecular formula is C24H26F2N2O6S. The molecule has 0 saturated carbocycles. The summed E-state index contributed by atoms with van der Waals surface area (Å²) in [5.41, 5.74) is -1.15. The Balaban J connectivity index is 1.93. The Morgan fingerprint density at radius 1 is 1.11 bits per heavy atom. The normalized spacial score (nSPS) is 14.7. The smallest absolute Gasteiger partial charge is 0.408 e. The highest BCUT2D eigenvalue weighted by Gasteiger charge is 2.38. The molecule has 1 aliphatic rings. The summed E-state index contributed by atoms with van der Waals surface area (Å²) in [6.45, 7) is 6.36. The van der Waals surface area contributed by atoms with Crippen LogP contribution in [0.1, 0.15) is 66.4 Å². The van der Waals surface area contributed by atoms with E-state index >= 15 is 0 Å². The number of ketones is 1. The molecule has 0 radical (unpaired) electrons. The molecule has 2 amide bonds. The summed E-state index contributed by atoms with van der Waals surface area (Å²) in [7, 11) is 0. The van der Waals surface area contributed by atoms with Gasteiger partial charge in [0, 0.05) is 4.88 Å². The Morgan fingerprint density at radius 2 is 1.77 bits per heavy atom. The minimum atomic E-state index is -1.04. The SMILES string of the molecule is CCOC(=O)C1CCc2c1sc(NC(=O)CNC(=O)OC(C)(C)C)c2C(=O)c1c(F)cccc1F. The maximum Gasteiger partial charge on any atom is 0.408 e. The van der Waals surface area contributed by atoms with Crippen LogP contribution in [0.3, 0.4) is 0 Å². The lowest BCUT2D eigenvalue weighted by molar-refractivity contribution is -0.144. The highest BCUT2D eigenvalue weighted by molar-refractivity contribution is 7.17. The number of hydrogen-bond donors (Lipinski definition) is 2. The summed E-state index contributed by atoms with van der Waals surface area (Å²) in [6, 6.07) is 3.07. The number of alkyl carbamates (subject to hydrolysis) is 1. The van der Waals surface area contributed by atoms with Gasteiger partial charge in [-0.25, -0.2) is 13.6 Å². The molecule has 0 spiro atoms. The minimum absolute atomic E-state index is 0.0349. The van der Waals surface area contributed by atoms with Crippen LogP contribution in [0.15, 0.2) is 18.2 Å². The Bertz CT molecular complexity index is 1150.